The van der Waals surface area contributed by atoms with Crippen molar-refractivity contribution in [2.24, 2.45) is 23.7 Å². The van der Waals surface area contributed by atoms with Gasteiger partial charge in [0.1, 0.15) is 0 Å². The van der Waals surface area contributed by atoms with Crippen molar-refractivity contribution in [1.29, 1.82) is 0 Å². The van der Waals surface area contributed by atoms with Crippen molar-refractivity contribution in [3.05, 3.63) is 63.6 Å². The van der Waals surface area contributed by atoms with Gasteiger partial charge in [-0.05, 0) is 73.3 Å². The maximum Gasteiger partial charge on any atom is 0.238 e. The van der Waals surface area contributed by atoms with Crippen LogP contribution in [0, 0.1) is 37.5 Å². The van der Waals surface area contributed by atoms with E-state index in [-0.39, 0.29) is 23.7 Å². The SMILES string of the molecule is Cc1c(Br)ccc(N2C(=O)[C@H]3[C@H]4C[C@@H]([C@@H]3C2=O)[C@H](c2ccccc2)C4)c1C. The summed E-state index contributed by atoms with van der Waals surface area (Å²) >= 11 is 3.54. The number of carbonyl (C=O) groups is 2. The molecule has 5 rings (SSSR count). The lowest BCUT2D eigenvalue weighted by molar-refractivity contribution is -0.123. The smallest absolute Gasteiger partial charge is 0.238 e. The van der Waals surface area contributed by atoms with Gasteiger partial charge in [-0.25, -0.2) is 4.90 Å². The van der Waals surface area contributed by atoms with Crippen molar-refractivity contribution < 1.29 is 9.59 Å². The molecule has 0 unspecified atom stereocenters. The molecule has 0 aromatic heterocycles. The predicted octanol–water partition coefficient (Wildman–Crippen LogP) is 5.00. The van der Waals surface area contributed by atoms with Gasteiger partial charge in [0.15, 0.2) is 0 Å². The maximum absolute atomic E-state index is 13.4. The number of amides is 2. The molecule has 0 N–H and O–H groups in total. The van der Waals surface area contributed by atoms with Crippen molar-refractivity contribution in [1.82, 2.24) is 0 Å². The fraction of sp³-hybridized carbons (Fsp3) is 0.391. The van der Waals surface area contributed by atoms with Crippen LogP contribution < -0.4 is 4.90 Å². The molecular formula is C23H22BrNO2. The number of fused-ring (bicyclic) bond motifs is 5. The van der Waals surface area contributed by atoms with Crippen molar-refractivity contribution in [3.63, 3.8) is 0 Å². The average molecular weight is 424 g/mol. The fourth-order valence-electron chi connectivity index (χ4n) is 5.80. The molecule has 2 bridgehead atoms. The molecule has 2 aliphatic carbocycles. The second kappa shape index (κ2) is 6.03. The van der Waals surface area contributed by atoms with Crippen LogP contribution in [0.5, 0.6) is 0 Å². The second-order valence-corrected chi connectivity index (χ2v) is 9.15. The lowest BCUT2D eigenvalue weighted by Crippen LogP contribution is -2.33. The van der Waals surface area contributed by atoms with Crippen LogP contribution in [0.15, 0.2) is 46.9 Å². The van der Waals surface area contributed by atoms with E-state index >= 15 is 0 Å². The molecule has 0 spiro atoms. The van der Waals surface area contributed by atoms with Crippen molar-refractivity contribution in [2.75, 3.05) is 4.90 Å². The summed E-state index contributed by atoms with van der Waals surface area (Å²) in [5.74, 6) is 0.804. The van der Waals surface area contributed by atoms with Gasteiger partial charge in [0.2, 0.25) is 11.8 Å². The summed E-state index contributed by atoms with van der Waals surface area (Å²) in [6, 6.07) is 14.3. The summed E-state index contributed by atoms with van der Waals surface area (Å²) in [6.45, 7) is 4.01. The highest BCUT2D eigenvalue weighted by Gasteiger charge is 2.64. The Labute approximate surface area is 167 Å². The minimum absolute atomic E-state index is 0.0166. The molecule has 3 nitrogen and oxygen atoms in total. The summed E-state index contributed by atoms with van der Waals surface area (Å²) in [7, 11) is 0. The van der Waals surface area contributed by atoms with Gasteiger partial charge in [-0.1, -0.05) is 46.3 Å². The Morgan fingerprint density at radius 1 is 0.889 bits per heavy atom. The first-order valence-corrected chi connectivity index (χ1v) is 10.5. The standard InChI is InChI=1S/C23H22BrNO2/c1-12-13(2)19(9-8-18(12)24)25-22(26)20-15-10-16(14-6-4-3-5-7-14)17(11-15)21(20)23(25)27/h3-9,15-17,20-21H,10-11H2,1-2H3/t15-,16+,17-,20+,21+/m1/s1. The van der Waals surface area contributed by atoms with Gasteiger partial charge < -0.3 is 0 Å². The highest BCUT2D eigenvalue weighted by atomic mass is 79.9. The molecule has 5 atom stereocenters. The van der Waals surface area contributed by atoms with Gasteiger partial charge >= 0.3 is 0 Å². The van der Waals surface area contributed by atoms with Crippen LogP contribution in [-0.4, -0.2) is 11.8 Å². The van der Waals surface area contributed by atoms with Crippen LogP contribution in [0.2, 0.25) is 0 Å². The first kappa shape index (κ1) is 17.2. The number of benzene rings is 2. The molecule has 3 aliphatic rings. The number of nitrogens with zero attached hydrogens (tertiary/aromatic N) is 1. The fourth-order valence-corrected chi connectivity index (χ4v) is 6.23. The van der Waals surface area contributed by atoms with E-state index in [1.807, 2.05) is 32.0 Å². The van der Waals surface area contributed by atoms with E-state index in [0.29, 0.717) is 17.8 Å². The van der Waals surface area contributed by atoms with Gasteiger partial charge in [0.25, 0.3) is 0 Å². The van der Waals surface area contributed by atoms with E-state index in [2.05, 4.69) is 40.2 Å². The van der Waals surface area contributed by atoms with Gasteiger partial charge in [-0.2, -0.15) is 0 Å². The Hall–Kier alpha value is -1.94. The van der Waals surface area contributed by atoms with Crippen molar-refractivity contribution in [2.45, 2.75) is 32.6 Å². The van der Waals surface area contributed by atoms with E-state index in [1.54, 1.807) is 0 Å². The third-order valence-corrected chi connectivity index (χ3v) is 8.04. The number of rotatable bonds is 2. The Balaban J connectivity index is 1.52. The van der Waals surface area contributed by atoms with Crippen LogP contribution in [0.3, 0.4) is 0 Å². The molecule has 4 heteroatoms. The first-order valence-electron chi connectivity index (χ1n) is 9.67. The highest BCUT2D eigenvalue weighted by Crippen LogP contribution is 2.62. The minimum atomic E-state index is -0.148. The Bertz CT molecular complexity index is 954. The summed E-state index contributed by atoms with van der Waals surface area (Å²) in [5.41, 5.74) is 4.15. The highest BCUT2D eigenvalue weighted by molar-refractivity contribution is 9.10. The molecule has 2 aromatic carbocycles. The topological polar surface area (TPSA) is 37.4 Å². The zero-order valence-corrected chi connectivity index (χ0v) is 17.1. The monoisotopic (exact) mass is 423 g/mol. The number of hydrogen-bond donors (Lipinski definition) is 0. The van der Waals surface area contributed by atoms with E-state index in [4.69, 9.17) is 0 Å². The number of halogens is 1. The molecule has 2 saturated carbocycles. The third kappa shape index (κ3) is 2.32. The Morgan fingerprint density at radius 2 is 1.59 bits per heavy atom. The summed E-state index contributed by atoms with van der Waals surface area (Å²) in [5, 5.41) is 0. The first-order chi connectivity index (χ1) is 13.0. The molecule has 1 aliphatic heterocycles. The number of carbonyl (C=O) groups excluding carboxylic acids is 2. The third-order valence-electron chi connectivity index (χ3n) is 7.18. The number of hydrogen-bond acceptors (Lipinski definition) is 2. The van der Waals surface area contributed by atoms with Gasteiger partial charge in [-0.15, -0.1) is 0 Å². The summed E-state index contributed by atoms with van der Waals surface area (Å²) in [4.78, 5) is 28.2. The maximum atomic E-state index is 13.4. The summed E-state index contributed by atoms with van der Waals surface area (Å²) in [6.07, 6.45) is 2.04. The van der Waals surface area contributed by atoms with Crippen LogP contribution in [0.25, 0.3) is 0 Å². The van der Waals surface area contributed by atoms with E-state index in [1.165, 1.54) is 10.5 Å². The van der Waals surface area contributed by atoms with Gasteiger partial charge in [0.05, 0.1) is 17.5 Å². The molecule has 138 valence electrons. The lowest BCUT2D eigenvalue weighted by Gasteiger charge is -2.28. The molecule has 0 radical (unpaired) electrons. The molecule has 3 fully saturated rings. The number of imide groups is 1. The van der Waals surface area contributed by atoms with E-state index in [0.717, 1.165) is 34.1 Å². The minimum Gasteiger partial charge on any atom is -0.274 e. The zero-order valence-electron chi connectivity index (χ0n) is 15.5. The predicted molar refractivity (Wildman–Crippen MR) is 108 cm³/mol. The number of anilines is 1. The average Bonchev–Trinajstić information content (AvgIpc) is 3.33. The van der Waals surface area contributed by atoms with Crippen LogP contribution in [0.1, 0.15) is 35.4 Å². The van der Waals surface area contributed by atoms with Crippen molar-refractivity contribution >= 4 is 33.4 Å². The second-order valence-electron chi connectivity index (χ2n) is 8.29. The quantitative estimate of drug-likeness (QED) is 0.637. The largest absolute Gasteiger partial charge is 0.274 e. The zero-order chi connectivity index (χ0) is 18.9. The van der Waals surface area contributed by atoms with E-state index < -0.39 is 0 Å². The molecule has 2 amide bonds. The molecule has 1 saturated heterocycles. The Morgan fingerprint density at radius 3 is 2.33 bits per heavy atom. The Kier molecular flexibility index (Phi) is 3.84. The molecule has 27 heavy (non-hydrogen) atoms. The van der Waals surface area contributed by atoms with Gasteiger partial charge in [0, 0.05) is 4.47 Å². The van der Waals surface area contributed by atoms with Gasteiger partial charge in [-0.3, -0.25) is 9.59 Å². The van der Waals surface area contributed by atoms with Crippen LogP contribution in [-0.2, 0) is 9.59 Å². The molecular weight excluding hydrogens is 402 g/mol. The molecule has 1 heterocycles. The van der Waals surface area contributed by atoms with Crippen LogP contribution in [0.4, 0.5) is 5.69 Å². The van der Waals surface area contributed by atoms with Crippen molar-refractivity contribution in [3.8, 4) is 0 Å². The molecule has 2 aromatic rings. The normalized spacial score (nSPS) is 31.7. The van der Waals surface area contributed by atoms with Crippen LogP contribution >= 0.6 is 15.9 Å². The van der Waals surface area contributed by atoms with E-state index in [9.17, 15) is 9.59 Å². The summed E-state index contributed by atoms with van der Waals surface area (Å²) < 4.78 is 1.01. The lowest BCUT2D eigenvalue weighted by atomic mass is 9.73.